The summed E-state index contributed by atoms with van der Waals surface area (Å²) in [5, 5.41) is 12.9. The Kier molecular flexibility index (Phi) is 6.58. The number of likely N-dealkylation sites (N-methyl/N-ethyl adjacent to an activating group) is 1. The van der Waals surface area contributed by atoms with Crippen LogP contribution in [0, 0.1) is 29.9 Å². The normalized spacial score (nSPS) is 14.1. The zero-order valence-electron chi connectivity index (χ0n) is 20.8. The number of nitrogens with one attached hydrogen (secondary N) is 1. The Morgan fingerprint density at radius 3 is 2.57 bits per heavy atom. The third-order valence-electron chi connectivity index (χ3n) is 6.72. The van der Waals surface area contributed by atoms with Crippen molar-refractivity contribution in [3.05, 3.63) is 59.7 Å². The molecule has 4 heterocycles. The van der Waals surface area contributed by atoms with Gasteiger partial charge in [-0.15, -0.1) is 0 Å². The van der Waals surface area contributed by atoms with Crippen LogP contribution in [0.25, 0.3) is 10.9 Å². The van der Waals surface area contributed by atoms with E-state index in [9.17, 15) is 9.65 Å². The van der Waals surface area contributed by atoms with E-state index in [4.69, 9.17) is 4.74 Å². The van der Waals surface area contributed by atoms with Gasteiger partial charge in [0.1, 0.15) is 18.2 Å². The lowest BCUT2D eigenvalue weighted by atomic mass is 10.2. The molecule has 0 atom stereocenters. The average Bonchev–Trinajstić information content (AvgIpc) is 3.22. The summed E-state index contributed by atoms with van der Waals surface area (Å²) in [4.78, 5) is 17.3. The van der Waals surface area contributed by atoms with E-state index in [1.54, 1.807) is 30.8 Å². The lowest BCUT2D eigenvalue weighted by molar-refractivity contribution is 0.271. The minimum Gasteiger partial charge on any atom is -0.434 e. The highest BCUT2D eigenvalue weighted by Gasteiger charge is 2.21. The van der Waals surface area contributed by atoms with Gasteiger partial charge < -0.3 is 24.4 Å². The molecule has 0 spiro atoms. The molecule has 1 saturated heterocycles. The fourth-order valence-electron chi connectivity index (χ4n) is 4.48. The van der Waals surface area contributed by atoms with Crippen LogP contribution in [-0.4, -0.2) is 57.1 Å². The van der Waals surface area contributed by atoms with E-state index < -0.39 is 11.6 Å². The number of rotatable bonds is 6. The first-order valence-corrected chi connectivity index (χ1v) is 12.0. The van der Waals surface area contributed by atoms with Gasteiger partial charge in [0, 0.05) is 50.4 Å². The van der Waals surface area contributed by atoms with Crippen LogP contribution in [0.4, 0.5) is 26.1 Å². The molecular weight excluding hydrogens is 478 g/mol. The Labute approximate surface area is 212 Å². The van der Waals surface area contributed by atoms with Crippen LogP contribution in [0.2, 0.25) is 0 Å². The first-order chi connectivity index (χ1) is 17.9. The van der Waals surface area contributed by atoms with E-state index in [-0.39, 0.29) is 33.9 Å². The van der Waals surface area contributed by atoms with Crippen LogP contribution in [0.5, 0.6) is 11.6 Å². The molecule has 1 fully saturated rings. The number of piperazine rings is 1. The molecule has 4 aromatic rings. The fourth-order valence-corrected chi connectivity index (χ4v) is 4.48. The Balaban J connectivity index is 1.38. The molecule has 37 heavy (non-hydrogen) atoms. The number of halogens is 2. The number of hydrogen-bond donors (Lipinski definition) is 1. The number of benzene rings is 1. The SMILES string of the molecule is CCN1CCN(c2ccc(Nc3ncnc(Oc4cc(F)c5c(cc(C)n5C)c4F)c3C#N)nc2)CC1. The number of aromatic nitrogens is 4. The van der Waals surface area contributed by atoms with Crippen LogP contribution < -0.4 is 15.0 Å². The first kappa shape index (κ1) is 24.4. The number of pyridine rings is 1. The summed E-state index contributed by atoms with van der Waals surface area (Å²) in [5.41, 5.74) is 1.78. The van der Waals surface area contributed by atoms with Crippen molar-refractivity contribution in [2.75, 3.05) is 42.9 Å². The van der Waals surface area contributed by atoms with Crippen molar-refractivity contribution >= 4 is 28.2 Å². The second-order valence-corrected chi connectivity index (χ2v) is 8.84. The van der Waals surface area contributed by atoms with Gasteiger partial charge >= 0.3 is 0 Å². The van der Waals surface area contributed by atoms with Gasteiger partial charge in [0.15, 0.2) is 28.8 Å². The lowest BCUT2D eigenvalue weighted by Gasteiger charge is -2.35. The summed E-state index contributed by atoms with van der Waals surface area (Å²) in [5.74, 6) is -1.35. The van der Waals surface area contributed by atoms with E-state index in [2.05, 4.69) is 37.0 Å². The number of nitriles is 1. The molecule has 0 amide bonds. The third-order valence-corrected chi connectivity index (χ3v) is 6.72. The van der Waals surface area contributed by atoms with Gasteiger partial charge in [0.2, 0.25) is 5.88 Å². The van der Waals surface area contributed by atoms with E-state index >= 15 is 4.39 Å². The van der Waals surface area contributed by atoms with E-state index in [0.29, 0.717) is 11.5 Å². The molecular formula is C26H26F2N8O. The van der Waals surface area contributed by atoms with Crippen LogP contribution in [0.3, 0.4) is 0 Å². The predicted octanol–water partition coefficient (Wildman–Crippen LogP) is 4.50. The molecule has 0 aliphatic carbocycles. The Morgan fingerprint density at radius 1 is 1.11 bits per heavy atom. The van der Waals surface area contributed by atoms with Crippen molar-refractivity contribution in [1.82, 2.24) is 24.4 Å². The summed E-state index contributed by atoms with van der Waals surface area (Å²) in [6.45, 7) is 8.83. The van der Waals surface area contributed by atoms with Gasteiger partial charge in [-0.2, -0.15) is 5.26 Å². The highest BCUT2D eigenvalue weighted by molar-refractivity contribution is 5.84. The second kappa shape index (κ2) is 9.99. The number of aryl methyl sites for hydroxylation is 2. The Bertz CT molecular complexity index is 1490. The van der Waals surface area contributed by atoms with Gasteiger partial charge in [-0.25, -0.2) is 23.7 Å². The summed E-state index contributed by atoms with van der Waals surface area (Å²) >= 11 is 0. The maximum Gasteiger partial charge on any atom is 0.242 e. The lowest BCUT2D eigenvalue weighted by Crippen LogP contribution is -2.46. The predicted molar refractivity (Wildman–Crippen MR) is 136 cm³/mol. The van der Waals surface area contributed by atoms with Crippen molar-refractivity contribution in [3.8, 4) is 17.7 Å². The summed E-state index contributed by atoms with van der Waals surface area (Å²) in [6, 6.07) is 8.23. The van der Waals surface area contributed by atoms with Gasteiger partial charge in [-0.05, 0) is 31.7 Å². The van der Waals surface area contributed by atoms with Crippen molar-refractivity contribution in [1.29, 1.82) is 5.26 Å². The van der Waals surface area contributed by atoms with Crippen LogP contribution in [0.1, 0.15) is 18.2 Å². The molecule has 9 nitrogen and oxygen atoms in total. The summed E-state index contributed by atoms with van der Waals surface area (Å²) < 4.78 is 37.1. The molecule has 0 unspecified atom stereocenters. The highest BCUT2D eigenvalue weighted by atomic mass is 19.1. The molecule has 11 heteroatoms. The molecule has 1 N–H and O–H groups in total. The van der Waals surface area contributed by atoms with Crippen LogP contribution in [-0.2, 0) is 7.05 Å². The van der Waals surface area contributed by atoms with Crippen LogP contribution >= 0.6 is 0 Å². The van der Waals surface area contributed by atoms with Gasteiger partial charge in [-0.3, -0.25) is 0 Å². The number of nitrogens with zero attached hydrogens (tertiary/aromatic N) is 7. The minimum atomic E-state index is -0.742. The maximum absolute atomic E-state index is 15.2. The molecule has 1 aromatic carbocycles. The summed E-state index contributed by atoms with van der Waals surface area (Å²) in [6.07, 6.45) is 2.95. The smallest absolute Gasteiger partial charge is 0.242 e. The van der Waals surface area contributed by atoms with Gasteiger partial charge in [0.05, 0.1) is 17.4 Å². The molecule has 0 bridgehead atoms. The zero-order valence-corrected chi connectivity index (χ0v) is 20.8. The molecule has 0 saturated carbocycles. The van der Waals surface area contributed by atoms with Gasteiger partial charge in [0.25, 0.3) is 0 Å². The topological polar surface area (TPSA) is 95.1 Å². The number of hydrogen-bond acceptors (Lipinski definition) is 8. The summed E-state index contributed by atoms with van der Waals surface area (Å²) in [7, 11) is 1.66. The second-order valence-electron chi connectivity index (χ2n) is 8.84. The van der Waals surface area contributed by atoms with E-state index in [0.717, 1.165) is 44.5 Å². The monoisotopic (exact) mass is 504 g/mol. The largest absolute Gasteiger partial charge is 0.434 e. The van der Waals surface area contributed by atoms with Gasteiger partial charge in [-0.1, -0.05) is 6.92 Å². The Morgan fingerprint density at radius 2 is 1.89 bits per heavy atom. The first-order valence-electron chi connectivity index (χ1n) is 12.0. The van der Waals surface area contributed by atoms with Crippen LogP contribution in [0.15, 0.2) is 36.8 Å². The van der Waals surface area contributed by atoms with Crippen molar-refractivity contribution in [2.45, 2.75) is 13.8 Å². The minimum absolute atomic E-state index is 0.0618. The zero-order chi connectivity index (χ0) is 26.1. The number of ether oxygens (including phenoxy) is 1. The molecule has 3 aromatic heterocycles. The average molecular weight is 505 g/mol. The number of fused-ring (bicyclic) bond motifs is 1. The number of anilines is 3. The van der Waals surface area contributed by atoms with E-state index in [1.807, 2.05) is 12.1 Å². The fraction of sp³-hybridized carbons (Fsp3) is 0.308. The molecule has 190 valence electrons. The maximum atomic E-state index is 15.2. The molecule has 1 aliphatic heterocycles. The van der Waals surface area contributed by atoms with E-state index in [1.165, 1.54) is 12.4 Å². The van der Waals surface area contributed by atoms with Crippen molar-refractivity contribution in [2.24, 2.45) is 7.05 Å². The molecule has 0 radical (unpaired) electrons. The molecule has 5 rings (SSSR count). The Hall–Kier alpha value is -4.30. The van der Waals surface area contributed by atoms with Crippen molar-refractivity contribution in [3.63, 3.8) is 0 Å². The highest BCUT2D eigenvalue weighted by Crippen LogP contribution is 2.35. The quantitative estimate of drug-likeness (QED) is 0.410. The standard InChI is InChI=1S/C26H26F2N8O/c1-4-35-7-9-36(10-8-35)17-5-6-22(30-14-17)33-25-19(13-29)26(32-15-31-25)37-21-12-20(27)24-18(23(21)28)11-16(2)34(24)3/h5-6,11-12,14-15H,4,7-10H2,1-3H3,(H,30,31,32,33). The molecule has 1 aliphatic rings. The third kappa shape index (κ3) is 4.63. The van der Waals surface area contributed by atoms with Crippen molar-refractivity contribution < 1.29 is 13.5 Å².